The molecule has 1 fully saturated rings. The van der Waals surface area contributed by atoms with Crippen molar-refractivity contribution >= 4 is 17.7 Å². The van der Waals surface area contributed by atoms with E-state index in [-0.39, 0.29) is 5.41 Å². The lowest BCUT2D eigenvalue weighted by Crippen LogP contribution is -2.45. The number of hydrogen-bond donors (Lipinski definition) is 0. The van der Waals surface area contributed by atoms with Gasteiger partial charge >= 0.3 is 0 Å². The first-order chi connectivity index (χ1) is 11.1. The molecule has 0 aromatic heterocycles. The van der Waals surface area contributed by atoms with Crippen molar-refractivity contribution in [1.82, 2.24) is 4.90 Å². The van der Waals surface area contributed by atoms with Crippen molar-refractivity contribution < 1.29 is 4.79 Å². The minimum atomic E-state index is -0.276. The van der Waals surface area contributed by atoms with Gasteiger partial charge in [-0.2, -0.15) is 11.8 Å². The number of nitrogens with zero attached hydrogens (tertiary/aromatic N) is 1. The van der Waals surface area contributed by atoms with Gasteiger partial charge in [0.2, 0.25) is 5.91 Å². The maximum atomic E-state index is 13.3. The summed E-state index contributed by atoms with van der Waals surface area (Å²) in [4.78, 5) is 15.5. The molecule has 3 heteroatoms. The summed E-state index contributed by atoms with van der Waals surface area (Å²) >= 11 is 1.99. The summed E-state index contributed by atoms with van der Waals surface area (Å²) in [6, 6.07) is 10.9. The van der Waals surface area contributed by atoms with E-state index >= 15 is 0 Å². The fraction of sp³-hybridized carbons (Fsp3) is 0.650. The molecule has 2 rings (SSSR count). The zero-order valence-corrected chi connectivity index (χ0v) is 15.7. The van der Waals surface area contributed by atoms with Crippen molar-refractivity contribution in [2.24, 2.45) is 5.41 Å². The Hall–Kier alpha value is -0.960. The number of carbonyl (C=O) groups excluding carboxylic acids is 1. The molecule has 1 aliphatic heterocycles. The average Bonchev–Trinajstić information content (AvgIpc) is 3.03. The lowest BCUT2D eigenvalue weighted by molar-refractivity contribution is -0.142. The van der Waals surface area contributed by atoms with Gasteiger partial charge in [-0.15, -0.1) is 0 Å². The Balaban J connectivity index is 2.05. The SMILES string of the molecule is CCSCC[C@@H]1CCCN1C(=O)[C@](C)(CC)Cc1ccccc1. The van der Waals surface area contributed by atoms with E-state index in [4.69, 9.17) is 0 Å². The van der Waals surface area contributed by atoms with Gasteiger partial charge < -0.3 is 4.90 Å². The molecule has 1 aromatic rings. The normalized spacial score (nSPS) is 20.5. The van der Waals surface area contributed by atoms with Gasteiger partial charge in [0.1, 0.15) is 0 Å². The molecule has 1 aliphatic rings. The van der Waals surface area contributed by atoms with E-state index in [1.807, 2.05) is 17.8 Å². The average molecular weight is 334 g/mol. The van der Waals surface area contributed by atoms with Crippen LogP contribution in [0.5, 0.6) is 0 Å². The van der Waals surface area contributed by atoms with E-state index in [1.165, 1.54) is 29.9 Å². The van der Waals surface area contributed by atoms with Crippen molar-refractivity contribution in [2.75, 3.05) is 18.1 Å². The van der Waals surface area contributed by atoms with Crippen LogP contribution in [0.15, 0.2) is 30.3 Å². The maximum Gasteiger partial charge on any atom is 0.229 e. The second-order valence-corrected chi connectivity index (χ2v) is 8.25. The molecule has 0 N–H and O–H groups in total. The van der Waals surface area contributed by atoms with Crippen LogP contribution in [0.2, 0.25) is 0 Å². The van der Waals surface area contributed by atoms with Crippen LogP contribution in [-0.2, 0) is 11.2 Å². The molecule has 1 amide bonds. The summed E-state index contributed by atoms with van der Waals surface area (Å²) in [5.74, 6) is 2.71. The highest BCUT2D eigenvalue weighted by molar-refractivity contribution is 7.99. The summed E-state index contributed by atoms with van der Waals surface area (Å²) in [6.45, 7) is 7.46. The van der Waals surface area contributed by atoms with E-state index in [2.05, 4.69) is 49.9 Å². The topological polar surface area (TPSA) is 20.3 Å². The van der Waals surface area contributed by atoms with Crippen molar-refractivity contribution in [3.63, 3.8) is 0 Å². The van der Waals surface area contributed by atoms with Crippen LogP contribution in [0.1, 0.15) is 52.0 Å². The van der Waals surface area contributed by atoms with Crippen LogP contribution in [0.4, 0.5) is 0 Å². The third-order valence-electron chi connectivity index (χ3n) is 5.17. The quantitative estimate of drug-likeness (QED) is 0.638. The fourth-order valence-electron chi connectivity index (χ4n) is 3.51. The largest absolute Gasteiger partial charge is 0.339 e. The molecular formula is C20H31NOS. The molecule has 2 atom stereocenters. The smallest absolute Gasteiger partial charge is 0.229 e. The Morgan fingerprint density at radius 3 is 2.70 bits per heavy atom. The molecule has 0 radical (unpaired) electrons. The summed E-state index contributed by atoms with van der Waals surface area (Å²) in [6.07, 6.45) is 5.23. The molecule has 1 heterocycles. The first-order valence-corrected chi connectivity index (χ1v) is 10.2. The Kier molecular flexibility index (Phi) is 7.01. The molecule has 128 valence electrons. The molecule has 0 saturated carbocycles. The second kappa shape index (κ2) is 8.77. The van der Waals surface area contributed by atoms with Gasteiger partial charge in [0.15, 0.2) is 0 Å². The predicted octanol–water partition coefficient (Wildman–Crippen LogP) is 4.78. The predicted molar refractivity (Wildman–Crippen MR) is 101 cm³/mol. The molecular weight excluding hydrogens is 302 g/mol. The standard InChI is InChI=1S/C20H31NOS/c1-4-20(3,16-17-10-7-6-8-11-17)19(22)21-14-9-12-18(21)13-15-23-5-2/h6-8,10-11,18H,4-5,9,12-16H2,1-3H3/t18-,20+/m0/s1. The highest BCUT2D eigenvalue weighted by Crippen LogP contribution is 2.33. The lowest BCUT2D eigenvalue weighted by atomic mass is 9.79. The number of thioether (sulfide) groups is 1. The van der Waals surface area contributed by atoms with Crippen molar-refractivity contribution in [1.29, 1.82) is 0 Å². The lowest BCUT2D eigenvalue weighted by Gasteiger charge is -2.35. The summed E-state index contributed by atoms with van der Waals surface area (Å²) in [5, 5.41) is 0. The van der Waals surface area contributed by atoms with Crippen molar-refractivity contribution in [3.8, 4) is 0 Å². The summed E-state index contributed by atoms with van der Waals surface area (Å²) in [7, 11) is 0. The molecule has 1 saturated heterocycles. The van der Waals surface area contributed by atoms with E-state index < -0.39 is 0 Å². The number of hydrogen-bond acceptors (Lipinski definition) is 2. The zero-order chi connectivity index (χ0) is 16.7. The third-order valence-corrected chi connectivity index (χ3v) is 6.10. The minimum absolute atomic E-state index is 0.276. The zero-order valence-electron chi connectivity index (χ0n) is 14.9. The van der Waals surface area contributed by atoms with Crippen LogP contribution >= 0.6 is 11.8 Å². The molecule has 1 aromatic carbocycles. The summed E-state index contributed by atoms with van der Waals surface area (Å²) < 4.78 is 0. The van der Waals surface area contributed by atoms with E-state index in [1.54, 1.807) is 0 Å². The molecule has 0 bridgehead atoms. The fourth-order valence-corrected chi connectivity index (χ4v) is 4.24. The monoisotopic (exact) mass is 333 g/mol. The highest BCUT2D eigenvalue weighted by Gasteiger charge is 2.39. The number of benzene rings is 1. The molecule has 23 heavy (non-hydrogen) atoms. The Morgan fingerprint density at radius 2 is 2.04 bits per heavy atom. The van der Waals surface area contributed by atoms with E-state index in [9.17, 15) is 4.79 Å². The molecule has 2 nitrogen and oxygen atoms in total. The van der Waals surface area contributed by atoms with Gasteiger partial charge in [-0.05, 0) is 49.2 Å². The van der Waals surface area contributed by atoms with Crippen LogP contribution < -0.4 is 0 Å². The minimum Gasteiger partial charge on any atom is -0.339 e. The van der Waals surface area contributed by atoms with Crippen LogP contribution in [0, 0.1) is 5.41 Å². The van der Waals surface area contributed by atoms with Gasteiger partial charge in [-0.1, -0.05) is 51.1 Å². The summed E-state index contributed by atoms with van der Waals surface area (Å²) in [5.41, 5.74) is 0.990. The molecule has 0 spiro atoms. The highest BCUT2D eigenvalue weighted by atomic mass is 32.2. The molecule has 0 aliphatic carbocycles. The number of carbonyl (C=O) groups is 1. The number of rotatable bonds is 8. The van der Waals surface area contributed by atoms with E-state index in [0.29, 0.717) is 11.9 Å². The van der Waals surface area contributed by atoms with Gasteiger partial charge in [-0.3, -0.25) is 4.79 Å². The van der Waals surface area contributed by atoms with Gasteiger partial charge in [0.05, 0.1) is 5.41 Å². The molecule has 0 unspecified atom stereocenters. The van der Waals surface area contributed by atoms with Crippen molar-refractivity contribution in [3.05, 3.63) is 35.9 Å². The number of likely N-dealkylation sites (tertiary alicyclic amines) is 1. The maximum absolute atomic E-state index is 13.3. The van der Waals surface area contributed by atoms with Gasteiger partial charge in [-0.25, -0.2) is 0 Å². The second-order valence-electron chi connectivity index (χ2n) is 6.86. The Bertz CT molecular complexity index is 490. The van der Waals surface area contributed by atoms with Gasteiger partial charge in [0.25, 0.3) is 0 Å². The Morgan fingerprint density at radius 1 is 1.30 bits per heavy atom. The van der Waals surface area contributed by atoms with Crippen molar-refractivity contribution in [2.45, 2.75) is 58.9 Å². The van der Waals surface area contributed by atoms with E-state index in [0.717, 1.165) is 25.8 Å². The van der Waals surface area contributed by atoms with Crippen LogP contribution in [-0.4, -0.2) is 34.9 Å². The van der Waals surface area contributed by atoms with Gasteiger partial charge in [0, 0.05) is 12.6 Å². The third kappa shape index (κ3) is 4.76. The van der Waals surface area contributed by atoms with Crippen LogP contribution in [0.25, 0.3) is 0 Å². The first-order valence-electron chi connectivity index (χ1n) is 9.03. The Labute approximate surface area is 146 Å². The number of amides is 1. The van der Waals surface area contributed by atoms with Crippen LogP contribution in [0.3, 0.4) is 0 Å². The first kappa shape index (κ1) is 18.4.